The molecule has 0 aliphatic rings. The lowest BCUT2D eigenvalue weighted by Crippen LogP contribution is -2.07. The molecule has 2 heterocycles. The minimum Gasteiger partial charge on any atom is -0.494 e. The number of rotatable bonds is 4. The monoisotopic (exact) mass is 345 g/mol. The van der Waals surface area contributed by atoms with Crippen molar-refractivity contribution in [2.75, 3.05) is 11.9 Å². The highest BCUT2D eigenvalue weighted by atomic mass is 16.5. The van der Waals surface area contributed by atoms with E-state index < -0.39 is 0 Å². The number of fused-ring (bicyclic) bond motifs is 1. The predicted molar refractivity (Wildman–Crippen MR) is 103 cm³/mol. The number of pyridine rings is 1. The van der Waals surface area contributed by atoms with Gasteiger partial charge in [-0.1, -0.05) is 18.4 Å². The number of carbonyl (C=O) groups is 1. The van der Waals surface area contributed by atoms with E-state index in [0.29, 0.717) is 12.3 Å². The predicted octanol–water partition coefficient (Wildman–Crippen LogP) is 3.50. The molecule has 3 rings (SSSR count). The molecule has 5 nitrogen and oxygen atoms in total. The van der Waals surface area contributed by atoms with Gasteiger partial charge in [0.1, 0.15) is 11.4 Å². The number of carbonyl (C=O) groups excluding carboxylic acids is 1. The van der Waals surface area contributed by atoms with Crippen LogP contribution in [0.3, 0.4) is 0 Å². The molecule has 0 spiro atoms. The summed E-state index contributed by atoms with van der Waals surface area (Å²) in [5, 5.41) is 3.60. The molecule has 0 bridgehead atoms. The normalized spacial score (nSPS) is 10.1. The van der Waals surface area contributed by atoms with E-state index in [0.717, 1.165) is 27.9 Å². The van der Waals surface area contributed by atoms with Gasteiger partial charge in [0.05, 0.1) is 24.1 Å². The Bertz CT molecular complexity index is 1020. The summed E-state index contributed by atoms with van der Waals surface area (Å²) >= 11 is 0. The molecule has 5 heteroatoms. The quantitative estimate of drug-likeness (QED) is 0.582. The zero-order chi connectivity index (χ0) is 18.5. The van der Waals surface area contributed by atoms with Crippen molar-refractivity contribution in [3.8, 4) is 17.6 Å². The maximum absolute atomic E-state index is 11.5. The molecule has 0 atom stereocenters. The van der Waals surface area contributed by atoms with E-state index in [1.807, 2.05) is 55.1 Å². The van der Waals surface area contributed by atoms with Gasteiger partial charge in [-0.25, -0.2) is 4.98 Å². The number of aromatic nitrogens is 2. The first-order valence-electron chi connectivity index (χ1n) is 8.24. The summed E-state index contributed by atoms with van der Waals surface area (Å²) in [5.41, 5.74) is 3.16. The summed E-state index contributed by atoms with van der Waals surface area (Å²) in [4.78, 5) is 15.9. The van der Waals surface area contributed by atoms with Gasteiger partial charge in [-0.3, -0.25) is 4.79 Å². The third-order valence-corrected chi connectivity index (χ3v) is 3.77. The molecule has 26 heavy (non-hydrogen) atoms. The zero-order valence-corrected chi connectivity index (χ0v) is 14.7. The molecule has 0 radical (unpaired) electrons. The lowest BCUT2D eigenvalue weighted by atomic mass is 10.1. The molecule has 0 aliphatic heterocycles. The number of hydrogen-bond donors (Lipinski definition) is 1. The minimum absolute atomic E-state index is 0.274. The lowest BCUT2D eigenvalue weighted by molar-refractivity contribution is -0.111. The average molecular weight is 345 g/mol. The number of nitrogens with zero attached hydrogens (tertiary/aromatic N) is 2. The maximum Gasteiger partial charge on any atom is 0.247 e. The van der Waals surface area contributed by atoms with E-state index in [1.165, 1.54) is 6.08 Å². The van der Waals surface area contributed by atoms with Gasteiger partial charge >= 0.3 is 0 Å². The van der Waals surface area contributed by atoms with Crippen LogP contribution in [0.2, 0.25) is 0 Å². The highest BCUT2D eigenvalue weighted by Crippen LogP contribution is 2.22. The largest absolute Gasteiger partial charge is 0.494 e. The third-order valence-electron chi connectivity index (χ3n) is 3.77. The lowest BCUT2D eigenvalue weighted by Gasteiger charge is -2.02. The van der Waals surface area contributed by atoms with Crippen molar-refractivity contribution in [2.45, 2.75) is 6.92 Å². The topological polar surface area (TPSA) is 56.1 Å². The van der Waals surface area contributed by atoms with Crippen LogP contribution in [-0.4, -0.2) is 22.1 Å². The van der Waals surface area contributed by atoms with E-state index in [1.54, 1.807) is 6.20 Å². The molecule has 0 saturated carbocycles. The Morgan fingerprint density at radius 1 is 1.35 bits per heavy atom. The van der Waals surface area contributed by atoms with Crippen LogP contribution in [0.15, 0.2) is 55.4 Å². The molecule has 0 unspecified atom stereocenters. The number of anilines is 1. The fourth-order valence-electron chi connectivity index (χ4n) is 2.56. The molecule has 3 aromatic rings. The Morgan fingerprint density at radius 3 is 2.81 bits per heavy atom. The van der Waals surface area contributed by atoms with Crippen LogP contribution in [0.4, 0.5) is 5.69 Å². The highest BCUT2D eigenvalue weighted by Gasteiger charge is 2.08. The molecule has 1 amide bonds. The Labute approximate surface area is 152 Å². The number of nitrogens with one attached hydrogen (secondary N) is 1. The van der Waals surface area contributed by atoms with Gasteiger partial charge in [-0.2, -0.15) is 0 Å². The summed E-state index contributed by atoms with van der Waals surface area (Å²) in [6.45, 7) is 6.04. The molecule has 130 valence electrons. The van der Waals surface area contributed by atoms with Gasteiger partial charge in [-0.15, -0.1) is 0 Å². The van der Waals surface area contributed by atoms with Gasteiger partial charge < -0.3 is 14.6 Å². The van der Waals surface area contributed by atoms with Crippen LogP contribution in [-0.2, 0) is 11.8 Å². The Morgan fingerprint density at radius 2 is 2.12 bits per heavy atom. The van der Waals surface area contributed by atoms with E-state index in [2.05, 4.69) is 28.7 Å². The number of hydrogen-bond acceptors (Lipinski definition) is 3. The van der Waals surface area contributed by atoms with E-state index in [9.17, 15) is 4.79 Å². The Kier molecular flexibility index (Phi) is 5.04. The average Bonchev–Trinajstić information content (AvgIpc) is 2.96. The van der Waals surface area contributed by atoms with Crippen molar-refractivity contribution in [1.29, 1.82) is 0 Å². The second-order valence-corrected chi connectivity index (χ2v) is 5.65. The van der Waals surface area contributed by atoms with Crippen LogP contribution in [0.1, 0.15) is 18.1 Å². The Hall–Kier alpha value is -3.52. The highest BCUT2D eigenvalue weighted by molar-refractivity contribution is 6.00. The Balaban J connectivity index is 1.93. The van der Waals surface area contributed by atoms with Gasteiger partial charge in [-0.05, 0) is 43.3 Å². The summed E-state index contributed by atoms with van der Waals surface area (Å²) in [5.74, 6) is 6.90. The molecule has 0 fully saturated rings. The van der Waals surface area contributed by atoms with Crippen LogP contribution in [0.25, 0.3) is 11.0 Å². The fraction of sp³-hybridized carbons (Fsp3) is 0.143. The van der Waals surface area contributed by atoms with Crippen molar-refractivity contribution < 1.29 is 9.53 Å². The summed E-state index contributed by atoms with van der Waals surface area (Å²) in [7, 11) is 1.92. The summed E-state index contributed by atoms with van der Waals surface area (Å²) < 4.78 is 7.35. The van der Waals surface area contributed by atoms with Gasteiger partial charge in [0.25, 0.3) is 0 Å². The molecule has 0 saturated heterocycles. The first-order valence-corrected chi connectivity index (χ1v) is 8.24. The first kappa shape index (κ1) is 17.3. The van der Waals surface area contributed by atoms with Crippen LogP contribution < -0.4 is 10.1 Å². The second kappa shape index (κ2) is 7.58. The van der Waals surface area contributed by atoms with Crippen molar-refractivity contribution in [2.24, 2.45) is 7.05 Å². The number of benzene rings is 1. The molecule has 1 N–H and O–H groups in total. The van der Waals surface area contributed by atoms with Gasteiger partial charge in [0.2, 0.25) is 5.91 Å². The molecule has 2 aromatic heterocycles. The SMILES string of the molecule is C=CC(=O)Nc1cnc2c(c1)c(C#Cc1ccc(OCC)cc1)cn2C. The molecule has 1 aromatic carbocycles. The van der Waals surface area contributed by atoms with Crippen molar-refractivity contribution in [3.63, 3.8) is 0 Å². The van der Waals surface area contributed by atoms with Gasteiger partial charge in [0, 0.05) is 24.2 Å². The third kappa shape index (κ3) is 3.76. The standard InChI is InChI=1S/C21H19N3O2/c1-4-20(25)23-17-12-19-16(14-24(3)21(19)22-13-17)9-6-15-7-10-18(11-8-15)26-5-2/h4,7-8,10-14H,1,5H2,2-3H3,(H,23,25). The number of ether oxygens (including phenoxy) is 1. The van der Waals surface area contributed by atoms with Crippen molar-refractivity contribution in [3.05, 3.63) is 66.5 Å². The maximum atomic E-state index is 11.5. The fourth-order valence-corrected chi connectivity index (χ4v) is 2.56. The molecule has 0 aliphatic carbocycles. The zero-order valence-electron chi connectivity index (χ0n) is 14.7. The number of aryl methyl sites for hydroxylation is 1. The smallest absolute Gasteiger partial charge is 0.247 e. The second-order valence-electron chi connectivity index (χ2n) is 5.65. The minimum atomic E-state index is -0.274. The van der Waals surface area contributed by atoms with Gasteiger partial charge in [0.15, 0.2) is 0 Å². The number of amides is 1. The summed E-state index contributed by atoms with van der Waals surface area (Å²) in [6, 6.07) is 9.53. The van der Waals surface area contributed by atoms with E-state index >= 15 is 0 Å². The van der Waals surface area contributed by atoms with Crippen LogP contribution in [0, 0.1) is 11.8 Å². The molecular weight excluding hydrogens is 326 g/mol. The first-order chi connectivity index (χ1) is 12.6. The summed E-state index contributed by atoms with van der Waals surface area (Å²) in [6.07, 6.45) is 4.77. The van der Waals surface area contributed by atoms with Crippen molar-refractivity contribution >= 4 is 22.6 Å². The molecular formula is C21H19N3O2. The van der Waals surface area contributed by atoms with Crippen LogP contribution >= 0.6 is 0 Å². The van der Waals surface area contributed by atoms with E-state index in [-0.39, 0.29) is 5.91 Å². The van der Waals surface area contributed by atoms with Crippen LogP contribution in [0.5, 0.6) is 5.75 Å². The van der Waals surface area contributed by atoms with Crippen molar-refractivity contribution in [1.82, 2.24) is 9.55 Å². The van der Waals surface area contributed by atoms with E-state index in [4.69, 9.17) is 4.74 Å².